The minimum absolute atomic E-state index is 0.774. The number of aliphatic hydroxyl groups is 1. The van der Waals surface area contributed by atoms with Crippen molar-refractivity contribution >= 4 is 15.2 Å². The van der Waals surface area contributed by atoms with Gasteiger partial charge in [-0.1, -0.05) is 13.2 Å². The van der Waals surface area contributed by atoms with Crippen LogP contribution in [0.3, 0.4) is 0 Å². The predicted octanol–water partition coefficient (Wildman–Crippen LogP) is 0.342. The second-order valence-electron chi connectivity index (χ2n) is 2.21. The molecule has 0 saturated heterocycles. The molecule has 2 unspecified atom stereocenters. The van der Waals surface area contributed by atoms with Crippen LogP contribution < -0.4 is 0 Å². The SMILES string of the molecule is C=CC(O)OP(=O)(O)C(=C)P(=O)(O)O. The maximum atomic E-state index is 11.1. The molecule has 0 rings (SSSR count). The van der Waals surface area contributed by atoms with Gasteiger partial charge in [-0.05, 0) is 6.08 Å². The fraction of sp³-hybridized carbons (Fsp3) is 0.200. The van der Waals surface area contributed by atoms with Gasteiger partial charge in [0.15, 0.2) is 6.29 Å². The fourth-order valence-corrected chi connectivity index (χ4v) is 2.37. The van der Waals surface area contributed by atoms with E-state index in [1.54, 1.807) is 0 Å². The van der Waals surface area contributed by atoms with Crippen LogP contribution in [-0.2, 0) is 13.7 Å². The Kier molecular flexibility index (Phi) is 4.42. The Morgan fingerprint density at radius 1 is 1.36 bits per heavy atom. The third kappa shape index (κ3) is 3.86. The summed E-state index contributed by atoms with van der Waals surface area (Å²) >= 11 is 0. The van der Waals surface area contributed by atoms with Crippen LogP contribution in [0.5, 0.6) is 0 Å². The van der Waals surface area contributed by atoms with Gasteiger partial charge in [-0.25, -0.2) is 0 Å². The molecule has 0 amide bonds. The van der Waals surface area contributed by atoms with Crippen molar-refractivity contribution in [3.8, 4) is 0 Å². The highest BCUT2D eigenvalue weighted by atomic mass is 31.2. The van der Waals surface area contributed by atoms with Gasteiger partial charge in [-0.2, -0.15) is 0 Å². The summed E-state index contributed by atoms with van der Waals surface area (Å²) in [6, 6.07) is 0. The second kappa shape index (κ2) is 4.51. The van der Waals surface area contributed by atoms with E-state index in [9.17, 15) is 9.13 Å². The van der Waals surface area contributed by atoms with Crippen molar-refractivity contribution in [3.05, 3.63) is 24.3 Å². The Hall–Kier alpha value is -0.260. The first-order valence-corrected chi connectivity index (χ1v) is 6.37. The van der Waals surface area contributed by atoms with E-state index < -0.39 is 26.5 Å². The highest BCUT2D eigenvalue weighted by Crippen LogP contribution is 2.66. The van der Waals surface area contributed by atoms with Crippen LogP contribution in [0.2, 0.25) is 0 Å². The molecule has 0 saturated carbocycles. The van der Waals surface area contributed by atoms with Crippen LogP contribution in [0.15, 0.2) is 24.3 Å². The maximum absolute atomic E-state index is 11.1. The van der Waals surface area contributed by atoms with E-state index >= 15 is 0 Å². The van der Waals surface area contributed by atoms with Crippen LogP contribution in [0.1, 0.15) is 0 Å². The van der Waals surface area contributed by atoms with Gasteiger partial charge in [0.05, 0.1) is 0 Å². The van der Waals surface area contributed by atoms with Gasteiger partial charge in [0.1, 0.15) is 5.06 Å². The zero-order chi connectivity index (χ0) is 11.6. The van der Waals surface area contributed by atoms with Gasteiger partial charge in [0.2, 0.25) is 0 Å². The minimum atomic E-state index is -4.92. The van der Waals surface area contributed by atoms with Crippen molar-refractivity contribution in [3.63, 3.8) is 0 Å². The first-order chi connectivity index (χ1) is 6.11. The molecule has 4 N–H and O–H groups in total. The summed E-state index contributed by atoms with van der Waals surface area (Å²) in [6.45, 7) is 5.77. The largest absolute Gasteiger partial charge is 0.368 e. The summed E-state index contributed by atoms with van der Waals surface area (Å²) in [6.07, 6.45) is -1.02. The van der Waals surface area contributed by atoms with Gasteiger partial charge in [-0.3, -0.25) is 13.7 Å². The lowest BCUT2D eigenvalue weighted by Gasteiger charge is -2.16. The predicted molar refractivity (Wildman–Crippen MR) is 48.3 cm³/mol. The Balaban J connectivity index is 4.81. The Morgan fingerprint density at radius 3 is 2.07 bits per heavy atom. The molecule has 0 aromatic rings. The quantitative estimate of drug-likeness (QED) is 0.312. The highest BCUT2D eigenvalue weighted by molar-refractivity contribution is 7.77. The van der Waals surface area contributed by atoms with Gasteiger partial charge in [0, 0.05) is 0 Å². The molecule has 2 atom stereocenters. The normalized spacial score (nSPS) is 18.3. The van der Waals surface area contributed by atoms with Crippen LogP contribution in [-0.4, -0.2) is 26.1 Å². The lowest BCUT2D eigenvalue weighted by Crippen LogP contribution is -2.06. The van der Waals surface area contributed by atoms with Crippen molar-refractivity contribution in [2.75, 3.05) is 0 Å². The topological polar surface area (TPSA) is 124 Å². The van der Waals surface area contributed by atoms with Crippen molar-refractivity contribution in [1.29, 1.82) is 0 Å². The van der Waals surface area contributed by atoms with Crippen LogP contribution in [0, 0.1) is 0 Å². The molecule has 0 heterocycles. The minimum Gasteiger partial charge on any atom is -0.364 e. The van der Waals surface area contributed by atoms with Gasteiger partial charge in [0.25, 0.3) is 0 Å². The van der Waals surface area contributed by atoms with Crippen LogP contribution in [0.25, 0.3) is 0 Å². The van der Waals surface area contributed by atoms with Crippen molar-refractivity contribution in [2.45, 2.75) is 6.29 Å². The summed E-state index contributed by atoms with van der Waals surface area (Å²) in [5.74, 6) is 0. The molecule has 9 heteroatoms. The van der Waals surface area contributed by atoms with Crippen molar-refractivity contribution in [1.82, 2.24) is 0 Å². The van der Waals surface area contributed by atoms with Gasteiger partial charge >= 0.3 is 15.2 Å². The van der Waals surface area contributed by atoms with Gasteiger partial charge in [-0.15, -0.1) is 0 Å². The Morgan fingerprint density at radius 2 is 1.79 bits per heavy atom. The molecule has 0 aliphatic rings. The number of hydrogen-bond acceptors (Lipinski definition) is 4. The molecule has 0 fully saturated rings. The first-order valence-electron chi connectivity index (χ1n) is 3.18. The number of hydrogen-bond donors (Lipinski definition) is 4. The smallest absolute Gasteiger partial charge is 0.364 e. The lowest BCUT2D eigenvalue weighted by atomic mass is 10.6. The van der Waals surface area contributed by atoms with E-state index in [1.165, 1.54) is 0 Å². The monoisotopic (exact) mass is 244 g/mol. The Labute approximate surface area is 80.0 Å². The molecular weight excluding hydrogens is 234 g/mol. The average Bonchev–Trinajstić information content (AvgIpc) is 2.00. The molecular formula is C5H10O7P2. The molecule has 82 valence electrons. The number of aliphatic hydroxyl groups excluding tert-OH is 1. The molecule has 0 aromatic heterocycles. The summed E-state index contributed by atoms with van der Waals surface area (Å²) < 4.78 is 25.6. The molecule has 0 spiro atoms. The van der Waals surface area contributed by atoms with Crippen molar-refractivity contribution < 1.29 is 33.4 Å². The van der Waals surface area contributed by atoms with E-state index in [-0.39, 0.29) is 0 Å². The Bertz CT molecular complexity index is 329. The number of rotatable bonds is 5. The van der Waals surface area contributed by atoms with E-state index in [0.717, 1.165) is 6.08 Å². The maximum Gasteiger partial charge on any atom is 0.368 e. The standard InChI is InChI=1S/C5H10O7P2/c1-3-5(6)12-14(10,11)4(2)13(7,8)9/h3,5-6H,1-2H2,(H,10,11)(H2,7,8,9). The molecule has 0 bridgehead atoms. The zero-order valence-electron chi connectivity index (χ0n) is 6.98. The fourth-order valence-electron chi connectivity index (χ4n) is 0.415. The second-order valence-corrected chi connectivity index (χ2v) is 5.98. The average molecular weight is 244 g/mol. The molecule has 14 heavy (non-hydrogen) atoms. The molecule has 0 aliphatic heterocycles. The van der Waals surface area contributed by atoms with E-state index in [0.29, 0.717) is 0 Å². The van der Waals surface area contributed by atoms with E-state index in [1.807, 2.05) is 0 Å². The molecule has 7 nitrogen and oxygen atoms in total. The lowest BCUT2D eigenvalue weighted by molar-refractivity contribution is 0.0186. The first kappa shape index (κ1) is 13.7. The summed E-state index contributed by atoms with van der Waals surface area (Å²) in [7, 11) is -9.68. The highest BCUT2D eigenvalue weighted by Gasteiger charge is 2.38. The zero-order valence-corrected chi connectivity index (χ0v) is 8.77. The van der Waals surface area contributed by atoms with E-state index in [2.05, 4.69) is 17.7 Å². The molecule has 0 radical (unpaired) electrons. The summed E-state index contributed by atoms with van der Waals surface area (Å²) in [4.78, 5) is 26.0. The summed E-state index contributed by atoms with van der Waals surface area (Å²) in [5.41, 5.74) is 0. The van der Waals surface area contributed by atoms with E-state index in [4.69, 9.17) is 19.8 Å². The van der Waals surface area contributed by atoms with Crippen molar-refractivity contribution in [2.24, 2.45) is 0 Å². The third-order valence-corrected chi connectivity index (χ3v) is 4.48. The molecule has 0 aliphatic carbocycles. The van der Waals surface area contributed by atoms with Crippen LogP contribution in [0.4, 0.5) is 0 Å². The molecule has 0 aromatic carbocycles. The summed E-state index contributed by atoms with van der Waals surface area (Å²) in [5, 5.41) is 7.47. The van der Waals surface area contributed by atoms with Crippen LogP contribution >= 0.6 is 15.2 Å². The third-order valence-electron chi connectivity index (χ3n) is 1.11. The van der Waals surface area contributed by atoms with Gasteiger partial charge < -0.3 is 19.8 Å².